The Morgan fingerprint density at radius 2 is 1.81 bits per heavy atom. The lowest BCUT2D eigenvalue weighted by atomic mass is 10.2. The van der Waals surface area contributed by atoms with E-state index in [-0.39, 0.29) is 24.2 Å². The molecule has 27 heavy (non-hydrogen) atoms. The first kappa shape index (κ1) is 18.6. The summed E-state index contributed by atoms with van der Waals surface area (Å²) in [5.41, 5.74) is -0.791. The summed E-state index contributed by atoms with van der Waals surface area (Å²) in [7, 11) is 0. The van der Waals surface area contributed by atoms with Crippen molar-refractivity contribution in [1.82, 2.24) is 14.9 Å². The van der Waals surface area contributed by atoms with Crippen molar-refractivity contribution in [3.63, 3.8) is 0 Å². The van der Waals surface area contributed by atoms with Crippen LogP contribution in [0.4, 0.5) is 4.39 Å². The molecule has 0 aliphatic heterocycles. The van der Waals surface area contributed by atoms with Gasteiger partial charge in [-0.25, -0.2) is 9.18 Å². The Kier molecular flexibility index (Phi) is 5.52. The third kappa shape index (κ3) is 4.32. The number of H-pyrrole nitrogens is 1. The summed E-state index contributed by atoms with van der Waals surface area (Å²) < 4.78 is 14.6. The molecule has 2 N–H and O–H groups in total. The Balaban J connectivity index is 1.83. The molecule has 0 saturated heterocycles. The first-order chi connectivity index (χ1) is 13.0. The van der Waals surface area contributed by atoms with Crippen LogP contribution in [-0.2, 0) is 13.1 Å². The van der Waals surface area contributed by atoms with Crippen LogP contribution in [0.5, 0.6) is 0 Å². The van der Waals surface area contributed by atoms with Crippen LogP contribution in [0.25, 0.3) is 0 Å². The summed E-state index contributed by atoms with van der Waals surface area (Å²) >= 11 is 5.81. The monoisotopic (exact) mass is 387 g/mol. The minimum atomic E-state index is -0.796. The number of rotatable bonds is 5. The quantitative estimate of drug-likeness (QED) is 0.704. The number of aromatic nitrogens is 2. The standard InChI is InChI=1S/C19H15ClFN3O3/c20-14-7-5-12(6-8-14)9-22-17(25)15-10-23-19(27)24(18(15)26)11-13-3-1-2-4-16(13)21/h1-8,10H,9,11H2,(H,22,25)(H,23,27). The van der Waals surface area contributed by atoms with E-state index in [1.54, 1.807) is 30.3 Å². The van der Waals surface area contributed by atoms with Crippen LogP contribution in [0.1, 0.15) is 21.5 Å². The van der Waals surface area contributed by atoms with Gasteiger partial charge in [-0.05, 0) is 23.8 Å². The number of hydrogen-bond acceptors (Lipinski definition) is 3. The van der Waals surface area contributed by atoms with Crippen molar-refractivity contribution in [2.75, 3.05) is 0 Å². The molecule has 0 atom stereocenters. The van der Waals surface area contributed by atoms with Crippen molar-refractivity contribution in [3.05, 3.63) is 103 Å². The molecule has 138 valence electrons. The number of nitrogens with zero attached hydrogens (tertiary/aromatic N) is 1. The lowest BCUT2D eigenvalue weighted by Gasteiger charge is -2.09. The van der Waals surface area contributed by atoms with Crippen molar-refractivity contribution >= 4 is 17.5 Å². The largest absolute Gasteiger partial charge is 0.348 e. The minimum Gasteiger partial charge on any atom is -0.348 e. The number of carbonyl (C=O) groups excluding carboxylic acids is 1. The molecule has 0 bridgehead atoms. The molecule has 0 radical (unpaired) electrons. The van der Waals surface area contributed by atoms with Crippen molar-refractivity contribution in [1.29, 1.82) is 0 Å². The van der Waals surface area contributed by atoms with Gasteiger partial charge in [-0.2, -0.15) is 0 Å². The number of carbonyl (C=O) groups is 1. The molecule has 0 fully saturated rings. The highest BCUT2D eigenvalue weighted by atomic mass is 35.5. The van der Waals surface area contributed by atoms with Gasteiger partial charge in [0.15, 0.2) is 0 Å². The zero-order valence-corrected chi connectivity index (χ0v) is 14.8. The number of nitrogens with one attached hydrogen (secondary N) is 2. The Bertz CT molecular complexity index is 1090. The molecule has 3 rings (SSSR count). The van der Waals surface area contributed by atoms with E-state index in [0.29, 0.717) is 5.02 Å². The highest BCUT2D eigenvalue weighted by Gasteiger charge is 2.15. The van der Waals surface area contributed by atoms with Crippen molar-refractivity contribution in [3.8, 4) is 0 Å². The van der Waals surface area contributed by atoms with E-state index in [0.717, 1.165) is 16.3 Å². The van der Waals surface area contributed by atoms with E-state index in [1.807, 2.05) is 0 Å². The maximum atomic E-state index is 13.8. The van der Waals surface area contributed by atoms with Crippen LogP contribution in [0, 0.1) is 5.82 Å². The zero-order valence-electron chi connectivity index (χ0n) is 14.0. The number of benzene rings is 2. The molecule has 0 spiro atoms. The fraction of sp³-hybridized carbons (Fsp3) is 0.105. The maximum absolute atomic E-state index is 13.8. The van der Waals surface area contributed by atoms with Crippen LogP contribution in [0.15, 0.2) is 64.3 Å². The second-order valence-electron chi connectivity index (χ2n) is 5.80. The van der Waals surface area contributed by atoms with Gasteiger partial charge in [0.2, 0.25) is 0 Å². The number of hydrogen-bond donors (Lipinski definition) is 2. The van der Waals surface area contributed by atoms with Crippen molar-refractivity contribution in [2.45, 2.75) is 13.1 Å². The first-order valence-electron chi connectivity index (χ1n) is 8.04. The predicted molar refractivity (Wildman–Crippen MR) is 99.4 cm³/mol. The molecule has 6 nitrogen and oxygen atoms in total. The molecule has 1 heterocycles. The van der Waals surface area contributed by atoms with E-state index in [9.17, 15) is 18.8 Å². The van der Waals surface area contributed by atoms with Gasteiger partial charge in [-0.3, -0.25) is 14.2 Å². The highest BCUT2D eigenvalue weighted by Crippen LogP contribution is 2.09. The fourth-order valence-corrected chi connectivity index (χ4v) is 2.62. The molecule has 1 aromatic heterocycles. The topological polar surface area (TPSA) is 84.0 Å². The number of amides is 1. The summed E-state index contributed by atoms with van der Waals surface area (Å²) in [4.78, 5) is 39.2. The average Bonchev–Trinajstić information content (AvgIpc) is 2.66. The highest BCUT2D eigenvalue weighted by molar-refractivity contribution is 6.30. The Labute approximate surface area is 158 Å². The van der Waals surface area contributed by atoms with Crippen molar-refractivity contribution < 1.29 is 9.18 Å². The zero-order chi connectivity index (χ0) is 19.4. The smallest absolute Gasteiger partial charge is 0.328 e. The van der Waals surface area contributed by atoms with Gasteiger partial charge in [0, 0.05) is 23.3 Å². The van der Waals surface area contributed by atoms with E-state index >= 15 is 0 Å². The second-order valence-corrected chi connectivity index (χ2v) is 6.24. The van der Waals surface area contributed by atoms with Gasteiger partial charge in [0.1, 0.15) is 11.4 Å². The molecular formula is C19H15ClFN3O3. The fourth-order valence-electron chi connectivity index (χ4n) is 2.49. The molecule has 1 amide bonds. The van der Waals surface area contributed by atoms with E-state index < -0.39 is 23.0 Å². The molecule has 0 aliphatic rings. The third-order valence-electron chi connectivity index (χ3n) is 3.96. The predicted octanol–water partition coefficient (Wildman–Crippen LogP) is 2.31. The first-order valence-corrected chi connectivity index (χ1v) is 8.42. The Morgan fingerprint density at radius 3 is 2.52 bits per heavy atom. The average molecular weight is 388 g/mol. The van der Waals surface area contributed by atoms with E-state index in [4.69, 9.17) is 11.6 Å². The SMILES string of the molecule is O=C(NCc1ccc(Cl)cc1)c1c[nH]c(=O)n(Cc2ccccc2F)c1=O. The second kappa shape index (κ2) is 8.01. The van der Waals surface area contributed by atoms with Crippen LogP contribution in [0.2, 0.25) is 5.02 Å². The molecule has 0 unspecified atom stereocenters. The third-order valence-corrected chi connectivity index (χ3v) is 4.21. The Hall–Kier alpha value is -3.19. The van der Waals surface area contributed by atoms with Crippen LogP contribution in [0.3, 0.4) is 0 Å². The number of halogens is 2. The number of aromatic amines is 1. The molecule has 8 heteroatoms. The van der Waals surface area contributed by atoms with Gasteiger partial charge in [-0.1, -0.05) is 41.9 Å². The van der Waals surface area contributed by atoms with Gasteiger partial charge in [0.05, 0.1) is 6.54 Å². The molecule has 0 saturated carbocycles. The van der Waals surface area contributed by atoms with Crippen LogP contribution >= 0.6 is 11.6 Å². The van der Waals surface area contributed by atoms with Gasteiger partial charge >= 0.3 is 5.69 Å². The molecule has 0 aliphatic carbocycles. The van der Waals surface area contributed by atoms with Crippen molar-refractivity contribution in [2.24, 2.45) is 0 Å². The summed E-state index contributed by atoms with van der Waals surface area (Å²) in [5, 5.41) is 3.18. The van der Waals surface area contributed by atoms with Gasteiger partial charge < -0.3 is 10.3 Å². The molecular weight excluding hydrogens is 373 g/mol. The minimum absolute atomic E-state index is 0.170. The van der Waals surface area contributed by atoms with Crippen LogP contribution in [-0.4, -0.2) is 15.5 Å². The Morgan fingerprint density at radius 1 is 1.11 bits per heavy atom. The summed E-state index contributed by atoms with van der Waals surface area (Å²) in [5.74, 6) is -1.19. The lowest BCUT2D eigenvalue weighted by Crippen LogP contribution is -2.40. The lowest BCUT2D eigenvalue weighted by molar-refractivity contribution is 0.0948. The summed E-state index contributed by atoms with van der Waals surface area (Å²) in [6.07, 6.45) is 1.06. The normalized spacial score (nSPS) is 10.6. The van der Waals surface area contributed by atoms with E-state index in [2.05, 4.69) is 10.3 Å². The molecule has 3 aromatic rings. The van der Waals surface area contributed by atoms with Crippen LogP contribution < -0.4 is 16.6 Å². The molecule has 2 aromatic carbocycles. The summed E-state index contributed by atoms with van der Waals surface area (Å²) in [6.45, 7) is -0.0962. The summed E-state index contributed by atoms with van der Waals surface area (Å²) in [6, 6.07) is 12.7. The van der Waals surface area contributed by atoms with Gasteiger partial charge in [0.25, 0.3) is 11.5 Å². The van der Waals surface area contributed by atoms with E-state index in [1.165, 1.54) is 18.2 Å². The maximum Gasteiger partial charge on any atom is 0.328 e. The van der Waals surface area contributed by atoms with Gasteiger partial charge in [-0.15, -0.1) is 0 Å².